The smallest absolute Gasteiger partial charge is 0.336 e. The zero-order chi connectivity index (χ0) is 16.7. The van der Waals surface area contributed by atoms with Crippen LogP contribution in [-0.2, 0) is 13.0 Å². The fourth-order valence-electron chi connectivity index (χ4n) is 3.15. The number of halogens is 1. The number of nitrogens with zero attached hydrogens (tertiary/aromatic N) is 1. The van der Waals surface area contributed by atoms with Crippen LogP contribution in [0.1, 0.15) is 18.1 Å². The summed E-state index contributed by atoms with van der Waals surface area (Å²) in [4.78, 5) is 13.7. The Morgan fingerprint density at radius 3 is 2.83 bits per heavy atom. The second-order valence-electron chi connectivity index (χ2n) is 5.79. The number of benzene rings is 2. The Labute approximate surface area is 138 Å². The quantitative estimate of drug-likeness (QED) is 0.671. The summed E-state index contributed by atoms with van der Waals surface area (Å²) >= 11 is 0. The predicted octanol–water partition coefficient (Wildman–Crippen LogP) is 3.85. The molecule has 3 aromatic rings. The first-order chi connectivity index (χ1) is 11.7. The molecule has 0 radical (unpaired) electrons. The number of para-hydroxylation sites is 1. The van der Waals surface area contributed by atoms with Gasteiger partial charge in [-0.1, -0.05) is 19.1 Å². The van der Waals surface area contributed by atoms with Gasteiger partial charge in [0.2, 0.25) is 0 Å². The summed E-state index contributed by atoms with van der Waals surface area (Å²) in [6, 6.07) is 11.9. The van der Waals surface area contributed by atoms with Gasteiger partial charge in [-0.25, -0.2) is 9.18 Å². The van der Waals surface area contributed by atoms with Crippen LogP contribution in [0.4, 0.5) is 10.1 Å². The van der Waals surface area contributed by atoms with Crippen molar-refractivity contribution in [3.63, 3.8) is 0 Å². The lowest BCUT2D eigenvalue weighted by atomic mass is 10.0. The molecule has 0 saturated heterocycles. The molecule has 4 nitrogen and oxygen atoms in total. The molecule has 1 aliphatic rings. The number of ether oxygens (including phenoxy) is 1. The molecule has 0 amide bonds. The minimum absolute atomic E-state index is 0.247. The molecule has 2 heterocycles. The summed E-state index contributed by atoms with van der Waals surface area (Å²) in [5.41, 5.74) is 2.32. The molecule has 0 N–H and O–H groups in total. The van der Waals surface area contributed by atoms with E-state index in [0.717, 1.165) is 22.9 Å². The molecule has 0 bridgehead atoms. The first kappa shape index (κ1) is 14.8. The Kier molecular flexibility index (Phi) is 3.49. The third kappa shape index (κ3) is 2.33. The van der Waals surface area contributed by atoms with Crippen molar-refractivity contribution in [1.29, 1.82) is 0 Å². The van der Waals surface area contributed by atoms with Gasteiger partial charge in [0.15, 0.2) is 6.73 Å². The van der Waals surface area contributed by atoms with E-state index in [1.165, 1.54) is 12.1 Å². The van der Waals surface area contributed by atoms with E-state index in [0.29, 0.717) is 23.6 Å². The average Bonchev–Trinajstić information content (AvgIpc) is 2.61. The molecule has 2 aromatic carbocycles. The third-order valence-corrected chi connectivity index (χ3v) is 4.36. The number of anilines is 1. The monoisotopic (exact) mass is 325 g/mol. The van der Waals surface area contributed by atoms with Gasteiger partial charge in [-0.15, -0.1) is 0 Å². The van der Waals surface area contributed by atoms with Crippen LogP contribution in [0.15, 0.2) is 51.7 Å². The van der Waals surface area contributed by atoms with E-state index in [1.807, 2.05) is 19.1 Å². The first-order valence-electron chi connectivity index (χ1n) is 7.88. The summed E-state index contributed by atoms with van der Waals surface area (Å²) in [7, 11) is 0. The van der Waals surface area contributed by atoms with Crippen LogP contribution in [0.3, 0.4) is 0 Å². The van der Waals surface area contributed by atoms with Gasteiger partial charge in [0, 0.05) is 11.5 Å². The van der Waals surface area contributed by atoms with Crippen LogP contribution in [0.2, 0.25) is 0 Å². The Hall–Kier alpha value is -2.82. The van der Waals surface area contributed by atoms with Gasteiger partial charge < -0.3 is 14.1 Å². The van der Waals surface area contributed by atoms with E-state index in [1.54, 1.807) is 23.1 Å². The molecule has 0 saturated carbocycles. The maximum absolute atomic E-state index is 14.1. The Balaban J connectivity index is 1.86. The Morgan fingerprint density at radius 2 is 2.04 bits per heavy atom. The lowest BCUT2D eigenvalue weighted by Crippen LogP contribution is -2.32. The Bertz CT molecular complexity index is 980. The van der Waals surface area contributed by atoms with Gasteiger partial charge >= 0.3 is 5.63 Å². The summed E-state index contributed by atoms with van der Waals surface area (Å²) < 4.78 is 25.3. The molecule has 0 unspecified atom stereocenters. The number of aryl methyl sites for hydroxylation is 1. The molecule has 0 aliphatic carbocycles. The molecule has 4 rings (SSSR count). The fraction of sp³-hybridized carbons (Fsp3) is 0.211. The second kappa shape index (κ2) is 5.67. The van der Waals surface area contributed by atoms with Crippen LogP contribution in [0.5, 0.6) is 5.75 Å². The molecule has 24 heavy (non-hydrogen) atoms. The van der Waals surface area contributed by atoms with Gasteiger partial charge in [0.05, 0.1) is 17.8 Å². The van der Waals surface area contributed by atoms with E-state index in [9.17, 15) is 9.18 Å². The van der Waals surface area contributed by atoms with Gasteiger partial charge in [-0.3, -0.25) is 0 Å². The van der Waals surface area contributed by atoms with Gasteiger partial charge in [0.25, 0.3) is 0 Å². The van der Waals surface area contributed by atoms with Crippen molar-refractivity contribution >= 4 is 16.7 Å². The number of rotatable bonds is 2. The minimum atomic E-state index is -0.379. The molecular formula is C19H16FNO3. The van der Waals surface area contributed by atoms with E-state index in [4.69, 9.17) is 9.15 Å². The van der Waals surface area contributed by atoms with Gasteiger partial charge in [0.1, 0.15) is 17.1 Å². The van der Waals surface area contributed by atoms with Crippen LogP contribution >= 0.6 is 0 Å². The highest BCUT2D eigenvalue weighted by molar-refractivity contribution is 5.85. The molecule has 1 aromatic heterocycles. The van der Waals surface area contributed by atoms with Gasteiger partial charge in [-0.05, 0) is 36.2 Å². The van der Waals surface area contributed by atoms with Crippen molar-refractivity contribution in [2.24, 2.45) is 0 Å². The summed E-state index contributed by atoms with van der Waals surface area (Å²) in [5, 5.41) is 0.898. The standard InChI is InChI=1S/C19H16FNO3/c1-2-12-9-18(22)24-19-13(12)7-8-17-14(19)10-21(11-23-17)16-6-4-3-5-15(16)20/h3-9H,2,10-11H2,1H3. The average molecular weight is 325 g/mol. The lowest BCUT2D eigenvalue weighted by Gasteiger charge is -2.31. The van der Waals surface area contributed by atoms with E-state index in [-0.39, 0.29) is 18.2 Å². The topological polar surface area (TPSA) is 42.7 Å². The number of fused-ring (bicyclic) bond motifs is 3. The van der Waals surface area contributed by atoms with Crippen molar-refractivity contribution in [3.8, 4) is 5.75 Å². The lowest BCUT2D eigenvalue weighted by molar-refractivity contribution is 0.287. The van der Waals surface area contributed by atoms with Crippen LogP contribution in [0.25, 0.3) is 11.0 Å². The predicted molar refractivity (Wildman–Crippen MR) is 89.9 cm³/mol. The molecule has 5 heteroatoms. The van der Waals surface area contributed by atoms with E-state index in [2.05, 4.69) is 0 Å². The van der Waals surface area contributed by atoms with Crippen molar-refractivity contribution in [2.45, 2.75) is 19.9 Å². The van der Waals surface area contributed by atoms with Crippen molar-refractivity contribution in [2.75, 3.05) is 11.6 Å². The molecule has 0 atom stereocenters. The molecular weight excluding hydrogens is 309 g/mol. The molecule has 122 valence electrons. The highest BCUT2D eigenvalue weighted by Crippen LogP contribution is 2.35. The third-order valence-electron chi connectivity index (χ3n) is 4.36. The minimum Gasteiger partial charge on any atom is -0.473 e. The van der Waals surface area contributed by atoms with Crippen molar-refractivity contribution in [1.82, 2.24) is 0 Å². The second-order valence-corrected chi connectivity index (χ2v) is 5.79. The normalized spacial score (nSPS) is 13.7. The van der Waals surface area contributed by atoms with E-state index >= 15 is 0 Å². The van der Waals surface area contributed by atoms with Crippen LogP contribution in [0, 0.1) is 5.82 Å². The maximum Gasteiger partial charge on any atom is 0.336 e. The largest absolute Gasteiger partial charge is 0.473 e. The SMILES string of the molecule is CCc1cc(=O)oc2c3c(ccc12)OCN(c1ccccc1F)C3. The van der Waals surface area contributed by atoms with Crippen LogP contribution in [-0.4, -0.2) is 6.73 Å². The number of hydrogen-bond donors (Lipinski definition) is 0. The van der Waals surface area contributed by atoms with E-state index < -0.39 is 0 Å². The van der Waals surface area contributed by atoms with Crippen molar-refractivity contribution < 1.29 is 13.5 Å². The molecule has 0 spiro atoms. The zero-order valence-corrected chi connectivity index (χ0v) is 13.2. The number of hydrogen-bond acceptors (Lipinski definition) is 4. The highest BCUT2D eigenvalue weighted by Gasteiger charge is 2.23. The Morgan fingerprint density at radius 1 is 1.21 bits per heavy atom. The van der Waals surface area contributed by atoms with Crippen molar-refractivity contribution in [3.05, 3.63) is 69.8 Å². The fourth-order valence-corrected chi connectivity index (χ4v) is 3.15. The highest BCUT2D eigenvalue weighted by atomic mass is 19.1. The summed E-state index contributed by atoms with van der Waals surface area (Å²) in [6.07, 6.45) is 0.735. The van der Waals surface area contributed by atoms with Crippen LogP contribution < -0.4 is 15.3 Å². The summed E-state index contributed by atoms with van der Waals surface area (Å²) in [6.45, 7) is 2.66. The van der Waals surface area contributed by atoms with Gasteiger partial charge in [-0.2, -0.15) is 0 Å². The first-order valence-corrected chi connectivity index (χ1v) is 7.88. The summed E-state index contributed by atoms with van der Waals surface area (Å²) in [5.74, 6) is 0.368. The molecule has 1 aliphatic heterocycles. The maximum atomic E-state index is 14.1. The molecule has 0 fully saturated rings. The zero-order valence-electron chi connectivity index (χ0n) is 13.2.